The number of ketones is 1. The van der Waals surface area contributed by atoms with Crippen molar-refractivity contribution >= 4 is 17.7 Å². The Labute approximate surface area is 92.9 Å². The van der Waals surface area contributed by atoms with Crippen LogP contribution in [0.4, 0.5) is 4.79 Å². The molecule has 84 valence electrons. The van der Waals surface area contributed by atoms with E-state index in [1.807, 2.05) is 0 Å². The van der Waals surface area contributed by atoms with Gasteiger partial charge in [0.25, 0.3) is 0 Å². The lowest BCUT2D eigenvalue weighted by atomic mass is 10.3. The zero-order chi connectivity index (χ0) is 12.0. The Balaban J connectivity index is 2.57. The first-order chi connectivity index (χ1) is 7.58. The molecule has 0 saturated heterocycles. The molecule has 2 N–H and O–H groups in total. The van der Waals surface area contributed by atoms with E-state index in [-0.39, 0.29) is 18.0 Å². The summed E-state index contributed by atoms with van der Waals surface area (Å²) in [5.74, 6) is 0.175. The van der Waals surface area contributed by atoms with Crippen molar-refractivity contribution in [1.29, 1.82) is 0 Å². The topological polar surface area (TPSA) is 81.8 Å². The van der Waals surface area contributed by atoms with Gasteiger partial charge in [0.15, 0.2) is 0 Å². The second kappa shape index (κ2) is 5.65. The Morgan fingerprint density at radius 1 is 1.31 bits per heavy atom. The van der Waals surface area contributed by atoms with Gasteiger partial charge in [-0.3, -0.25) is 4.79 Å². The monoisotopic (exact) mass is 220 g/mol. The minimum atomic E-state index is -0.829. The van der Waals surface area contributed by atoms with E-state index in [1.165, 1.54) is 6.92 Å². The van der Waals surface area contributed by atoms with E-state index in [0.29, 0.717) is 5.75 Å². The minimum Gasteiger partial charge on any atom is -0.409 e. The van der Waals surface area contributed by atoms with Crippen molar-refractivity contribution in [2.75, 3.05) is 0 Å². The maximum Gasteiger partial charge on any atom is 0.440 e. The van der Waals surface area contributed by atoms with Crippen LogP contribution in [0.1, 0.15) is 13.3 Å². The summed E-state index contributed by atoms with van der Waals surface area (Å²) in [6.45, 7) is 1.37. The SMILES string of the molecule is CC(=O)CC(N)=NC(=O)Oc1ccccc1. The zero-order valence-electron chi connectivity index (χ0n) is 8.84. The third-order valence-corrected chi connectivity index (χ3v) is 1.61. The van der Waals surface area contributed by atoms with E-state index < -0.39 is 6.09 Å². The van der Waals surface area contributed by atoms with Crippen LogP contribution in [0.5, 0.6) is 5.75 Å². The predicted octanol–water partition coefficient (Wildman–Crippen LogP) is 1.52. The van der Waals surface area contributed by atoms with Gasteiger partial charge in [0.1, 0.15) is 17.4 Å². The standard InChI is InChI=1S/C11H12N2O3/c1-8(14)7-10(12)13-11(15)16-9-5-3-2-4-6-9/h2-6H,7H2,1H3,(H2,12,13,15). The molecular weight excluding hydrogens is 208 g/mol. The van der Waals surface area contributed by atoms with Gasteiger partial charge in [-0.25, -0.2) is 4.79 Å². The molecule has 1 aromatic carbocycles. The molecule has 0 aliphatic carbocycles. The molecule has 5 nitrogen and oxygen atoms in total. The molecule has 0 aliphatic heterocycles. The highest BCUT2D eigenvalue weighted by atomic mass is 16.5. The third kappa shape index (κ3) is 4.36. The average Bonchev–Trinajstić information content (AvgIpc) is 2.17. The normalized spacial score (nSPS) is 10.9. The highest BCUT2D eigenvalue weighted by Crippen LogP contribution is 2.08. The summed E-state index contributed by atoms with van der Waals surface area (Å²) >= 11 is 0. The number of amidine groups is 1. The van der Waals surface area contributed by atoms with Crippen LogP contribution >= 0.6 is 0 Å². The first-order valence-corrected chi connectivity index (χ1v) is 4.67. The largest absolute Gasteiger partial charge is 0.440 e. The number of hydrogen-bond donors (Lipinski definition) is 1. The average molecular weight is 220 g/mol. The lowest BCUT2D eigenvalue weighted by molar-refractivity contribution is -0.115. The van der Waals surface area contributed by atoms with Crippen LogP contribution < -0.4 is 10.5 Å². The fourth-order valence-electron chi connectivity index (χ4n) is 1.02. The minimum absolute atomic E-state index is 0.0477. The molecule has 0 aromatic heterocycles. The predicted molar refractivity (Wildman–Crippen MR) is 59.4 cm³/mol. The Kier molecular flexibility index (Phi) is 4.20. The lowest BCUT2D eigenvalue weighted by Crippen LogP contribution is -2.18. The Morgan fingerprint density at radius 3 is 2.50 bits per heavy atom. The molecule has 1 aromatic rings. The number of ether oxygens (including phenoxy) is 1. The molecule has 0 aliphatic rings. The second-order valence-corrected chi connectivity index (χ2v) is 3.16. The van der Waals surface area contributed by atoms with Gasteiger partial charge in [-0.2, -0.15) is 4.99 Å². The van der Waals surface area contributed by atoms with Gasteiger partial charge in [-0.1, -0.05) is 18.2 Å². The number of rotatable bonds is 3. The molecule has 5 heteroatoms. The molecule has 0 saturated carbocycles. The van der Waals surface area contributed by atoms with Crippen molar-refractivity contribution in [3.63, 3.8) is 0 Å². The van der Waals surface area contributed by atoms with E-state index in [9.17, 15) is 9.59 Å². The van der Waals surface area contributed by atoms with Crippen molar-refractivity contribution in [3.05, 3.63) is 30.3 Å². The molecule has 0 spiro atoms. The molecule has 0 unspecified atom stereocenters. The molecular formula is C11H12N2O3. The number of benzene rings is 1. The van der Waals surface area contributed by atoms with Crippen molar-refractivity contribution in [1.82, 2.24) is 0 Å². The summed E-state index contributed by atoms with van der Waals surface area (Å²) in [5.41, 5.74) is 5.36. The van der Waals surface area contributed by atoms with E-state index in [4.69, 9.17) is 10.5 Å². The van der Waals surface area contributed by atoms with Gasteiger partial charge in [0.05, 0.1) is 6.42 Å². The highest BCUT2D eigenvalue weighted by molar-refractivity contribution is 6.02. The number of aliphatic imine (C=N–C) groups is 1. The maximum absolute atomic E-state index is 11.2. The molecule has 0 fully saturated rings. The van der Waals surface area contributed by atoms with Crippen molar-refractivity contribution in [3.8, 4) is 5.75 Å². The molecule has 0 heterocycles. The second-order valence-electron chi connectivity index (χ2n) is 3.16. The summed E-state index contributed by atoms with van der Waals surface area (Å²) in [4.78, 5) is 25.3. The number of nitrogens with two attached hydrogens (primary N) is 1. The summed E-state index contributed by atoms with van der Waals surface area (Å²) in [6, 6.07) is 8.49. The highest BCUT2D eigenvalue weighted by Gasteiger charge is 2.05. The van der Waals surface area contributed by atoms with Crippen LogP contribution in [0.15, 0.2) is 35.3 Å². The summed E-state index contributed by atoms with van der Waals surface area (Å²) < 4.78 is 4.85. The van der Waals surface area contributed by atoms with Crippen molar-refractivity contribution < 1.29 is 14.3 Å². The van der Waals surface area contributed by atoms with Gasteiger partial charge in [0, 0.05) is 0 Å². The number of carbonyl (C=O) groups excluding carboxylic acids is 2. The Bertz CT molecular complexity index is 412. The quantitative estimate of drug-likeness (QED) is 0.618. The zero-order valence-corrected chi connectivity index (χ0v) is 8.84. The Hall–Kier alpha value is -2.17. The Morgan fingerprint density at radius 2 is 1.94 bits per heavy atom. The van der Waals surface area contributed by atoms with E-state index in [0.717, 1.165) is 0 Å². The van der Waals surface area contributed by atoms with Crippen LogP contribution in [0.25, 0.3) is 0 Å². The van der Waals surface area contributed by atoms with Crippen LogP contribution in [-0.2, 0) is 4.79 Å². The molecule has 0 bridgehead atoms. The van der Waals surface area contributed by atoms with Crippen molar-refractivity contribution in [2.45, 2.75) is 13.3 Å². The van der Waals surface area contributed by atoms with Gasteiger partial charge in [0.2, 0.25) is 0 Å². The van der Waals surface area contributed by atoms with E-state index in [1.54, 1.807) is 30.3 Å². The van der Waals surface area contributed by atoms with Gasteiger partial charge < -0.3 is 10.5 Å². The first kappa shape index (κ1) is 11.9. The van der Waals surface area contributed by atoms with Gasteiger partial charge in [-0.05, 0) is 19.1 Å². The van der Waals surface area contributed by atoms with Crippen LogP contribution in [-0.4, -0.2) is 17.7 Å². The van der Waals surface area contributed by atoms with E-state index >= 15 is 0 Å². The molecule has 16 heavy (non-hydrogen) atoms. The van der Waals surface area contributed by atoms with Gasteiger partial charge in [-0.15, -0.1) is 0 Å². The molecule has 1 amide bonds. The molecule has 0 atom stereocenters. The fraction of sp³-hybridized carbons (Fsp3) is 0.182. The summed E-state index contributed by atoms with van der Waals surface area (Å²) in [7, 11) is 0. The van der Waals surface area contributed by atoms with Crippen molar-refractivity contribution in [2.24, 2.45) is 10.7 Å². The lowest BCUT2D eigenvalue weighted by Gasteiger charge is -2.00. The number of carbonyl (C=O) groups is 2. The number of Topliss-reactive ketones (excluding diaryl/α,β-unsaturated/α-hetero) is 1. The number of nitrogens with zero attached hydrogens (tertiary/aromatic N) is 1. The number of hydrogen-bond acceptors (Lipinski definition) is 3. The van der Waals surface area contributed by atoms with E-state index in [2.05, 4.69) is 4.99 Å². The third-order valence-electron chi connectivity index (χ3n) is 1.61. The molecule has 0 radical (unpaired) electrons. The smallest absolute Gasteiger partial charge is 0.409 e. The maximum atomic E-state index is 11.2. The first-order valence-electron chi connectivity index (χ1n) is 4.67. The van der Waals surface area contributed by atoms with Crippen LogP contribution in [0.3, 0.4) is 0 Å². The number of amides is 1. The molecule has 1 rings (SSSR count). The fourth-order valence-corrected chi connectivity index (χ4v) is 1.02. The summed E-state index contributed by atoms with van der Waals surface area (Å²) in [5, 5.41) is 0. The van der Waals surface area contributed by atoms with Gasteiger partial charge >= 0.3 is 6.09 Å². The van der Waals surface area contributed by atoms with Crippen LogP contribution in [0, 0.1) is 0 Å². The van der Waals surface area contributed by atoms with Crippen LogP contribution in [0.2, 0.25) is 0 Å². The number of para-hydroxylation sites is 1. The summed E-state index contributed by atoms with van der Waals surface area (Å²) in [6.07, 6.45) is -0.880.